The van der Waals surface area contributed by atoms with Crippen LogP contribution in [-0.2, 0) is 0 Å². The van der Waals surface area contributed by atoms with Crippen molar-refractivity contribution in [2.24, 2.45) is 5.18 Å². The Balaban J connectivity index is 4.45. The van der Waals surface area contributed by atoms with Crippen LogP contribution in [0.1, 0.15) is 33.1 Å². The van der Waals surface area contributed by atoms with Crippen LogP contribution in [0.2, 0.25) is 0 Å². The van der Waals surface area contributed by atoms with Crippen molar-refractivity contribution in [2.75, 3.05) is 0 Å². The second kappa shape index (κ2) is 4.00. The van der Waals surface area contributed by atoms with Crippen molar-refractivity contribution >= 4 is 0 Å². The first-order valence-electron chi connectivity index (χ1n) is 3.62. The second-order valence-electron chi connectivity index (χ2n) is 2.43. The van der Waals surface area contributed by atoms with Crippen LogP contribution >= 0.6 is 0 Å². The van der Waals surface area contributed by atoms with E-state index < -0.39 is 10.6 Å². The van der Waals surface area contributed by atoms with E-state index in [1.165, 1.54) is 0 Å². The van der Waals surface area contributed by atoms with E-state index in [0.29, 0.717) is 6.42 Å². The molecule has 1 unspecified atom stereocenters. The Morgan fingerprint density at radius 1 is 1.55 bits per heavy atom. The Morgan fingerprint density at radius 3 is 2.18 bits per heavy atom. The summed E-state index contributed by atoms with van der Waals surface area (Å²) >= 11 is 0. The largest absolute Gasteiger partial charge is 0.348 e. The van der Waals surface area contributed by atoms with Crippen LogP contribution in [0.25, 0.3) is 0 Å². The third-order valence-electron chi connectivity index (χ3n) is 1.73. The van der Waals surface area contributed by atoms with Crippen molar-refractivity contribution in [3.8, 4) is 0 Å². The van der Waals surface area contributed by atoms with Gasteiger partial charge in [-0.25, -0.2) is 0 Å². The summed E-state index contributed by atoms with van der Waals surface area (Å²) in [5.41, 5.74) is -1.57. The van der Waals surface area contributed by atoms with E-state index in [1.54, 1.807) is 13.8 Å². The smallest absolute Gasteiger partial charge is 0.262 e. The van der Waals surface area contributed by atoms with Crippen LogP contribution in [-0.4, -0.2) is 10.6 Å². The lowest BCUT2D eigenvalue weighted by Gasteiger charge is -2.13. The van der Waals surface area contributed by atoms with Crippen LogP contribution in [0.15, 0.2) is 5.18 Å². The molecule has 0 rings (SSSR count). The van der Waals surface area contributed by atoms with Crippen LogP contribution in [0, 0.1) is 15.0 Å². The molecule has 0 aliphatic carbocycles. The van der Waals surface area contributed by atoms with Crippen molar-refractivity contribution in [1.82, 2.24) is 0 Å². The van der Waals surface area contributed by atoms with Crippen molar-refractivity contribution in [3.05, 3.63) is 15.0 Å². The van der Waals surface area contributed by atoms with Crippen molar-refractivity contribution in [1.29, 1.82) is 0 Å². The molecule has 1 atom stereocenters. The van der Waals surface area contributed by atoms with Gasteiger partial charge in [-0.2, -0.15) is 0 Å². The molecule has 0 bridgehead atoms. The van der Waals surface area contributed by atoms with Gasteiger partial charge >= 0.3 is 5.66 Å². The molecule has 5 heteroatoms. The van der Waals surface area contributed by atoms with Gasteiger partial charge in [0.2, 0.25) is 0 Å². The Bertz CT molecular complexity index is 160. The molecule has 0 aliphatic rings. The molecule has 0 fully saturated rings. The summed E-state index contributed by atoms with van der Waals surface area (Å²) < 4.78 is 0. The van der Waals surface area contributed by atoms with Crippen molar-refractivity contribution in [2.45, 2.75) is 38.8 Å². The Morgan fingerprint density at radius 2 is 2.09 bits per heavy atom. The quantitative estimate of drug-likeness (QED) is 0.350. The topological polar surface area (TPSA) is 72.6 Å². The van der Waals surface area contributed by atoms with Gasteiger partial charge in [0.1, 0.15) is 0 Å². The molecule has 0 N–H and O–H groups in total. The summed E-state index contributed by atoms with van der Waals surface area (Å²) in [7, 11) is 0. The van der Waals surface area contributed by atoms with E-state index in [4.69, 9.17) is 0 Å². The average Bonchev–Trinajstić information content (AvgIpc) is 2.00. The zero-order valence-corrected chi connectivity index (χ0v) is 6.74. The summed E-state index contributed by atoms with van der Waals surface area (Å²) in [5.74, 6) is 0. The predicted octanol–water partition coefficient (Wildman–Crippen LogP) is 1.94. The number of hydrogen-bond donors (Lipinski definition) is 0. The molecule has 0 saturated heterocycles. The van der Waals surface area contributed by atoms with Crippen LogP contribution in [0.3, 0.4) is 0 Å². The zero-order valence-electron chi connectivity index (χ0n) is 6.74. The molecular formula is C6H12N2O3. The van der Waals surface area contributed by atoms with E-state index in [0.717, 1.165) is 0 Å². The number of nitrogens with zero attached hydrogens (tertiary/aromatic N) is 2. The molecule has 0 heterocycles. The monoisotopic (exact) mass is 160 g/mol. The lowest BCUT2D eigenvalue weighted by molar-refractivity contribution is -0.570. The molecule has 11 heavy (non-hydrogen) atoms. The second-order valence-corrected chi connectivity index (χ2v) is 2.43. The van der Waals surface area contributed by atoms with Gasteiger partial charge in [-0.1, -0.05) is 13.8 Å². The summed E-state index contributed by atoms with van der Waals surface area (Å²) in [5, 5.41) is 13.0. The van der Waals surface area contributed by atoms with Gasteiger partial charge in [0.25, 0.3) is 0 Å². The maximum atomic E-state index is 10.4. The molecule has 0 spiro atoms. The van der Waals surface area contributed by atoms with Gasteiger partial charge in [-0.05, 0) is 6.42 Å². The highest BCUT2D eigenvalue weighted by Gasteiger charge is 2.41. The SMILES string of the molecule is CCCC(CC)(N=O)[N+](=O)[O-]. The zero-order chi connectivity index (χ0) is 8.91. The molecule has 0 radical (unpaired) electrons. The van der Waals surface area contributed by atoms with E-state index in [9.17, 15) is 15.0 Å². The molecule has 64 valence electrons. The first-order valence-corrected chi connectivity index (χ1v) is 3.62. The van der Waals surface area contributed by atoms with Crippen LogP contribution < -0.4 is 0 Å². The minimum absolute atomic E-state index is 0.164. The van der Waals surface area contributed by atoms with Gasteiger partial charge in [0, 0.05) is 18.0 Å². The summed E-state index contributed by atoms with van der Waals surface area (Å²) in [6, 6.07) is 0. The molecule has 0 aromatic rings. The molecule has 0 aromatic heterocycles. The number of nitroso groups, excluding NO2 is 1. The fourth-order valence-corrected chi connectivity index (χ4v) is 0.941. The predicted molar refractivity (Wildman–Crippen MR) is 40.7 cm³/mol. The minimum Gasteiger partial charge on any atom is -0.262 e. The average molecular weight is 160 g/mol. The number of hydrogen-bond acceptors (Lipinski definition) is 4. The lowest BCUT2D eigenvalue weighted by Crippen LogP contribution is -2.34. The highest BCUT2D eigenvalue weighted by molar-refractivity contribution is 4.73. The lowest BCUT2D eigenvalue weighted by atomic mass is 10.0. The Kier molecular flexibility index (Phi) is 3.64. The fourth-order valence-electron chi connectivity index (χ4n) is 0.941. The van der Waals surface area contributed by atoms with E-state index in [2.05, 4.69) is 5.18 Å². The molecular weight excluding hydrogens is 148 g/mol. The van der Waals surface area contributed by atoms with Gasteiger partial charge in [0.05, 0.1) is 4.92 Å². The first kappa shape index (κ1) is 10.0. The fraction of sp³-hybridized carbons (Fsp3) is 1.00. The van der Waals surface area contributed by atoms with Crippen LogP contribution in [0.4, 0.5) is 0 Å². The summed E-state index contributed by atoms with van der Waals surface area (Å²) in [4.78, 5) is 20.0. The van der Waals surface area contributed by atoms with E-state index in [1.807, 2.05) is 0 Å². The molecule has 0 aliphatic heterocycles. The van der Waals surface area contributed by atoms with Gasteiger partial charge in [-0.15, -0.1) is 4.91 Å². The first-order chi connectivity index (χ1) is 5.13. The number of rotatable bonds is 5. The molecule has 0 amide bonds. The molecule has 0 aromatic carbocycles. The van der Waals surface area contributed by atoms with Crippen LogP contribution in [0.5, 0.6) is 0 Å². The maximum absolute atomic E-state index is 10.4. The highest BCUT2D eigenvalue weighted by Crippen LogP contribution is 2.22. The third kappa shape index (κ3) is 1.96. The summed E-state index contributed by atoms with van der Waals surface area (Å²) in [6.45, 7) is 3.39. The summed E-state index contributed by atoms with van der Waals surface area (Å²) in [6.07, 6.45) is 0.984. The molecule has 0 saturated carbocycles. The van der Waals surface area contributed by atoms with Crippen molar-refractivity contribution < 1.29 is 4.92 Å². The van der Waals surface area contributed by atoms with Gasteiger partial charge in [-0.3, -0.25) is 10.1 Å². The van der Waals surface area contributed by atoms with Gasteiger partial charge in [0.15, 0.2) is 0 Å². The third-order valence-corrected chi connectivity index (χ3v) is 1.73. The standard InChI is InChI=1S/C6H12N2O3/c1-3-5-6(4-2,7-9)8(10)11/h3-5H2,1-2H3. The molecule has 5 nitrogen and oxygen atoms in total. The normalized spacial score (nSPS) is 15.5. The minimum atomic E-state index is -1.57. The Labute approximate surface area is 64.9 Å². The Hall–Kier alpha value is -1.00. The van der Waals surface area contributed by atoms with E-state index in [-0.39, 0.29) is 12.8 Å². The number of nitro groups is 1. The maximum Gasteiger partial charge on any atom is 0.348 e. The highest BCUT2D eigenvalue weighted by atomic mass is 16.6. The van der Waals surface area contributed by atoms with Gasteiger partial charge < -0.3 is 0 Å². The van der Waals surface area contributed by atoms with Crippen molar-refractivity contribution in [3.63, 3.8) is 0 Å². The van der Waals surface area contributed by atoms with E-state index >= 15 is 0 Å².